The maximum Gasteiger partial charge on any atom is 0.229 e. The monoisotopic (exact) mass is 467 g/mol. The number of nitrogens with one attached hydrogen (secondary N) is 1. The highest BCUT2D eigenvalue weighted by atomic mass is 35.5. The van der Waals surface area contributed by atoms with Crippen LogP contribution in [0.2, 0.25) is 5.02 Å². The predicted octanol–water partition coefficient (Wildman–Crippen LogP) is 4.86. The molecule has 0 saturated carbocycles. The third kappa shape index (κ3) is 5.16. The molecule has 1 unspecified atom stereocenters. The van der Waals surface area contributed by atoms with Crippen LogP contribution in [0.25, 0.3) is 11.5 Å². The average molecular weight is 469 g/mol. The number of oxazole rings is 1. The number of piperazine rings is 1. The van der Waals surface area contributed by atoms with E-state index in [4.69, 9.17) is 16.0 Å². The Morgan fingerprint density at radius 3 is 2.60 bits per heavy atom. The lowest BCUT2D eigenvalue weighted by Gasteiger charge is -2.37. The van der Waals surface area contributed by atoms with Crippen LogP contribution in [0, 0.1) is 6.92 Å². The molecule has 3 aromatic rings. The normalized spacial score (nSPS) is 15.8. The van der Waals surface area contributed by atoms with Gasteiger partial charge in [-0.2, -0.15) is 0 Å². The summed E-state index contributed by atoms with van der Waals surface area (Å²) in [7, 11) is 0. The number of nitrogens with zero attached hydrogens (tertiary/aromatic N) is 2. The molecule has 0 bridgehead atoms. The number of amides is 1. The second kappa shape index (κ2) is 10.8. The van der Waals surface area contributed by atoms with Gasteiger partial charge in [-0.15, -0.1) is 24.8 Å². The molecular weight excluding hydrogens is 445 g/mol. The zero-order chi connectivity index (χ0) is 19.5. The number of halogens is 3. The average Bonchev–Trinajstić information content (AvgIpc) is 3.09. The van der Waals surface area contributed by atoms with E-state index in [1.165, 1.54) is 0 Å². The van der Waals surface area contributed by atoms with Crippen LogP contribution in [0.3, 0.4) is 0 Å². The van der Waals surface area contributed by atoms with E-state index in [-0.39, 0.29) is 43.2 Å². The zero-order valence-corrected chi connectivity index (χ0v) is 18.9. The molecule has 1 aliphatic rings. The lowest BCUT2D eigenvalue weighted by Crippen LogP contribution is -2.49. The van der Waals surface area contributed by atoms with Crippen LogP contribution < -0.4 is 5.32 Å². The van der Waals surface area contributed by atoms with E-state index in [1.54, 1.807) is 0 Å². The van der Waals surface area contributed by atoms with E-state index in [0.717, 1.165) is 17.7 Å². The van der Waals surface area contributed by atoms with Gasteiger partial charge in [-0.1, -0.05) is 48.0 Å². The third-order valence-electron chi connectivity index (χ3n) is 5.06. The van der Waals surface area contributed by atoms with E-state index in [9.17, 15) is 4.79 Å². The molecule has 1 amide bonds. The topological polar surface area (TPSA) is 58.4 Å². The number of rotatable bonds is 4. The van der Waals surface area contributed by atoms with Crippen molar-refractivity contribution in [2.45, 2.75) is 19.4 Å². The second-order valence-corrected chi connectivity index (χ2v) is 7.30. The van der Waals surface area contributed by atoms with E-state index < -0.39 is 0 Å². The molecule has 160 valence electrons. The van der Waals surface area contributed by atoms with Crippen LogP contribution in [0.15, 0.2) is 59.0 Å². The number of hydrogen-bond donors (Lipinski definition) is 1. The van der Waals surface area contributed by atoms with Crippen molar-refractivity contribution in [1.29, 1.82) is 0 Å². The molecule has 1 aliphatic heterocycles. The SMILES string of the molecule is Cc1oc(-c2ccccc2)nc1CC(=O)N1CCNCC1c1ccccc1Cl.Cl.Cl. The molecule has 1 saturated heterocycles. The van der Waals surface area contributed by atoms with Crippen LogP contribution in [0.1, 0.15) is 23.1 Å². The molecule has 8 heteroatoms. The smallest absolute Gasteiger partial charge is 0.229 e. The Labute approximate surface area is 193 Å². The minimum atomic E-state index is -0.0873. The molecule has 30 heavy (non-hydrogen) atoms. The summed E-state index contributed by atoms with van der Waals surface area (Å²) in [5.41, 5.74) is 2.55. The highest BCUT2D eigenvalue weighted by Crippen LogP contribution is 2.29. The van der Waals surface area contributed by atoms with E-state index in [1.807, 2.05) is 66.4 Å². The van der Waals surface area contributed by atoms with Crippen molar-refractivity contribution in [3.63, 3.8) is 0 Å². The Balaban J connectivity index is 0.00000160. The summed E-state index contributed by atoms with van der Waals surface area (Å²) >= 11 is 6.39. The Kier molecular flexibility index (Phi) is 8.74. The third-order valence-corrected chi connectivity index (χ3v) is 5.40. The second-order valence-electron chi connectivity index (χ2n) is 6.89. The van der Waals surface area contributed by atoms with E-state index in [2.05, 4.69) is 10.3 Å². The molecule has 5 nitrogen and oxygen atoms in total. The minimum Gasteiger partial charge on any atom is -0.441 e. The molecule has 0 radical (unpaired) electrons. The summed E-state index contributed by atoms with van der Waals surface area (Å²) in [5, 5.41) is 4.04. The highest BCUT2D eigenvalue weighted by Gasteiger charge is 2.30. The molecule has 0 spiro atoms. The summed E-state index contributed by atoms with van der Waals surface area (Å²) in [4.78, 5) is 19.6. The largest absolute Gasteiger partial charge is 0.441 e. The first-order chi connectivity index (χ1) is 13.6. The molecule has 1 N–H and O–H groups in total. The quantitative estimate of drug-likeness (QED) is 0.594. The van der Waals surface area contributed by atoms with Gasteiger partial charge in [-0.25, -0.2) is 4.98 Å². The number of benzene rings is 2. The maximum atomic E-state index is 13.1. The van der Waals surface area contributed by atoms with Gasteiger partial charge in [0.2, 0.25) is 11.8 Å². The van der Waals surface area contributed by atoms with Gasteiger partial charge in [0.1, 0.15) is 5.76 Å². The molecule has 0 aliphatic carbocycles. The molecule has 2 aromatic carbocycles. The van der Waals surface area contributed by atoms with Crippen molar-refractivity contribution >= 4 is 42.3 Å². The number of aryl methyl sites for hydroxylation is 1. The summed E-state index contributed by atoms with van der Waals surface area (Å²) in [6.07, 6.45) is 0.211. The van der Waals surface area contributed by atoms with Crippen molar-refractivity contribution in [2.75, 3.05) is 19.6 Å². The number of hydrogen-bond acceptors (Lipinski definition) is 4. The Morgan fingerprint density at radius 1 is 1.17 bits per heavy atom. The van der Waals surface area contributed by atoms with Crippen molar-refractivity contribution in [3.05, 3.63) is 76.6 Å². The van der Waals surface area contributed by atoms with Gasteiger partial charge in [-0.3, -0.25) is 4.79 Å². The first-order valence-electron chi connectivity index (χ1n) is 9.40. The number of carbonyl (C=O) groups excluding carboxylic acids is 1. The molecule has 1 atom stereocenters. The molecule has 1 aromatic heterocycles. The lowest BCUT2D eigenvalue weighted by atomic mass is 10.0. The molecule has 2 heterocycles. The van der Waals surface area contributed by atoms with Gasteiger partial charge in [0, 0.05) is 30.2 Å². The zero-order valence-electron chi connectivity index (χ0n) is 16.5. The van der Waals surface area contributed by atoms with Crippen LogP contribution in [0.4, 0.5) is 0 Å². The molecule has 4 rings (SSSR count). The van der Waals surface area contributed by atoms with Crippen LogP contribution >= 0.6 is 36.4 Å². The summed E-state index contributed by atoms with van der Waals surface area (Å²) in [6, 6.07) is 17.3. The van der Waals surface area contributed by atoms with Gasteiger partial charge in [-0.05, 0) is 30.7 Å². The fourth-order valence-electron chi connectivity index (χ4n) is 3.57. The summed E-state index contributed by atoms with van der Waals surface area (Å²) in [5.74, 6) is 1.25. The van der Waals surface area contributed by atoms with Crippen LogP contribution in [-0.2, 0) is 11.2 Å². The van der Waals surface area contributed by atoms with Crippen molar-refractivity contribution < 1.29 is 9.21 Å². The highest BCUT2D eigenvalue weighted by molar-refractivity contribution is 6.31. The fraction of sp³-hybridized carbons (Fsp3) is 0.273. The molecule has 1 fully saturated rings. The van der Waals surface area contributed by atoms with Gasteiger partial charge < -0.3 is 14.6 Å². The summed E-state index contributed by atoms with van der Waals surface area (Å²) < 4.78 is 5.80. The minimum absolute atomic E-state index is 0. The first kappa shape index (κ1) is 24.2. The van der Waals surface area contributed by atoms with Gasteiger partial charge in [0.05, 0.1) is 18.2 Å². The fourth-order valence-corrected chi connectivity index (χ4v) is 3.83. The van der Waals surface area contributed by atoms with E-state index in [0.29, 0.717) is 35.5 Å². The number of aromatic nitrogens is 1. The number of carbonyl (C=O) groups is 1. The molecular formula is C22H24Cl3N3O2. The lowest BCUT2D eigenvalue weighted by molar-refractivity contribution is -0.133. The van der Waals surface area contributed by atoms with Crippen molar-refractivity contribution in [3.8, 4) is 11.5 Å². The Morgan fingerprint density at radius 2 is 1.87 bits per heavy atom. The van der Waals surface area contributed by atoms with Crippen molar-refractivity contribution in [1.82, 2.24) is 15.2 Å². The predicted molar refractivity (Wildman–Crippen MR) is 124 cm³/mol. The summed E-state index contributed by atoms with van der Waals surface area (Å²) in [6.45, 7) is 3.94. The van der Waals surface area contributed by atoms with Crippen LogP contribution in [-0.4, -0.2) is 35.4 Å². The van der Waals surface area contributed by atoms with Crippen LogP contribution in [0.5, 0.6) is 0 Å². The maximum absolute atomic E-state index is 13.1. The Hall–Kier alpha value is -2.05. The Bertz CT molecular complexity index is 979. The van der Waals surface area contributed by atoms with Crippen molar-refractivity contribution in [2.24, 2.45) is 0 Å². The van der Waals surface area contributed by atoms with E-state index >= 15 is 0 Å². The van der Waals surface area contributed by atoms with Gasteiger partial charge in [0.25, 0.3) is 0 Å². The standard InChI is InChI=1S/C22H22ClN3O2.2ClH/c1-15-19(25-22(28-15)16-7-3-2-4-8-16)13-21(27)26-12-11-24-14-20(26)17-9-5-6-10-18(17)23;;/h2-10,20,24H,11-14H2,1H3;2*1H. The first-order valence-corrected chi connectivity index (χ1v) is 9.77. The van der Waals surface area contributed by atoms with Gasteiger partial charge >= 0.3 is 0 Å². The van der Waals surface area contributed by atoms with Gasteiger partial charge in [0.15, 0.2) is 0 Å².